The first-order valence-corrected chi connectivity index (χ1v) is 5.67. The molecule has 1 heterocycles. The maximum absolute atomic E-state index is 11.5. The number of hydrogen-bond donors (Lipinski definition) is 2. The van der Waals surface area contributed by atoms with Gasteiger partial charge in [-0.25, -0.2) is 4.68 Å². The summed E-state index contributed by atoms with van der Waals surface area (Å²) in [6.07, 6.45) is 1.52. The quantitative estimate of drug-likeness (QED) is 0.687. The van der Waals surface area contributed by atoms with Gasteiger partial charge in [-0.15, -0.1) is 0 Å². The lowest BCUT2D eigenvalue weighted by Crippen LogP contribution is -2.32. The number of methoxy groups -OCH3 is 1. The second-order valence-electron chi connectivity index (χ2n) is 3.97. The third-order valence-electron chi connectivity index (χ3n) is 2.69. The highest BCUT2D eigenvalue weighted by Crippen LogP contribution is 2.10. The minimum Gasteiger partial charge on any atom is -0.497 e. The van der Waals surface area contributed by atoms with Gasteiger partial charge in [0.05, 0.1) is 13.7 Å². The molecule has 2 rings (SSSR count). The van der Waals surface area contributed by atoms with E-state index in [0.29, 0.717) is 5.75 Å². The zero-order valence-electron chi connectivity index (χ0n) is 10.4. The molecule has 0 spiro atoms. The van der Waals surface area contributed by atoms with Crippen molar-refractivity contribution in [3.05, 3.63) is 52.4 Å². The van der Waals surface area contributed by atoms with E-state index in [4.69, 9.17) is 4.74 Å². The van der Waals surface area contributed by atoms with Gasteiger partial charge in [-0.05, 0) is 17.7 Å². The van der Waals surface area contributed by atoms with Gasteiger partial charge in [-0.2, -0.15) is 5.10 Å². The third-order valence-corrected chi connectivity index (χ3v) is 2.69. The van der Waals surface area contributed by atoms with Crippen LogP contribution in [0.3, 0.4) is 0 Å². The first kappa shape index (κ1) is 13.3. The summed E-state index contributed by atoms with van der Waals surface area (Å²) in [5, 5.41) is 22.5. The summed E-state index contributed by atoms with van der Waals surface area (Å²) < 4.78 is 6.32. The second kappa shape index (κ2) is 5.68. The second-order valence-corrected chi connectivity index (χ2v) is 3.97. The summed E-state index contributed by atoms with van der Waals surface area (Å²) in [7, 11) is -0.181. The molecule has 0 radical (unpaired) electrons. The molecule has 98 valence electrons. The lowest BCUT2D eigenvalue weighted by atomic mass is 9.78. The summed E-state index contributed by atoms with van der Waals surface area (Å²) in [5.41, 5.74) is 0.762. The lowest BCUT2D eigenvalue weighted by Gasteiger charge is -2.10. The first-order valence-electron chi connectivity index (χ1n) is 5.67. The van der Waals surface area contributed by atoms with Crippen LogP contribution < -0.4 is 15.8 Å². The van der Waals surface area contributed by atoms with Crippen LogP contribution in [0.5, 0.6) is 5.75 Å². The van der Waals surface area contributed by atoms with Gasteiger partial charge in [0.1, 0.15) is 5.75 Å². The van der Waals surface area contributed by atoms with Crippen LogP contribution >= 0.6 is 0 Å². The molecule has 0 unspecified atom stereocenters. The van der Waals surface area contributed by atoms with Gasteiger partial charge in [0.2, 0.25) is 0 Å². The van der Waals surface area contributed by atoms with E-state index in [-0.39, 0.29) is 17.6 Å². The van der Waals surface area contributed by atoms with E-state index < -0.39 is 7.12 Å². The summed E-state index contributed by atoms with van der Waals surface area (Å²) in [6.45, 7) is 0.253. The van der Waals surface area contributed by atoms with Crippen LogP contribution in [0.2, 0.25) is 0 Å². The number of aromatic nitrogens is 2. The van der Waals surface area contributed by atoms with Gasteiger partial charge in [-0.1, -0.05) is 12.1 Å². The van der Waals surface area contributed by atoms with Crippen molar-refractivity contribution in [3.63, 3.8) is 0 Å². The molecule has 0 saturated heterocycles. The van der Waals surface area contributed by atoms with Gasteiger partial charge in [0, 0.05) is 17.7 Å². The molecule has 0 atom stereocenters. The Morgan fingerprint density at radius 2 is 2.16 bits per heavy atom. The Kier molecular flexibility index (Phi) is 3.98. The van der Waals surface area contributed by atoms with Gasteiger partial charge < -0.3 is 14.8 Å². The molecule has 1 aromatic carbocycles. The normalized spacial score (nSPS) is 10.3. The Balaban J connectivity index is 2.34. The summed E-state index contributed by atoms with van der Waals surface area (Å²) in [4.78, 5) is 11.5. The van der Waals surface area contributed by atoms with Crippen LogP contribution in [0.1, 0.15) is 5.56 Å². The first-order chi connectivity index (χ1) is 9.11. The smallest absolute Gasteiger partial charge is 0.492 e. The maximum Gasteiger partial charge on any atom is 0.492 e. The van der Waals surface area contributed by atoms with Crippen molar-refractivity contribution in [3.8, 4) is 5.75 Å². The molecule has 0 saturated carbocycles. The summed E-state index contributed by atoms with van der Waals surface area (Å²) in [6, 6.07) is 7.92. The number of ether oxygens (including phenoxy) is 1. The molecular weight excluding hydrogens is 247 g/mol. The van der Waals surface area contributed by atoms with Crippen molar-refractivity contribution in [2.45, 2.75) is 6.54 Å². The van der Waals surface area contributed by atoms with E-state index in [2.05, 4.69) is 5.10 Å². The van der Waals surface area contributed by atoms with E-state index >= 15 is 0 Å². The van der Waals surface area contributed by atoms with Gasteiger partial charge in [-0.3, -0.25) is 4.79 Å². The largest absolute Gasteiger partial charge is 0.497 e. The molecule has 1 aromatic heterocycles. The maximum atomic E-state index is 11.5. The van der Waals surface area contributed by atoms with E-state index in [0.717, 1.165) is 5.56 Å². The highest BCUT2D eigenvalue weighted by atomic mass is 16.5. The Hall–Kier alpha value is -2.12. The molecule has 0 amide bonds. The standard InChI is InChI=1S/C12H13BN2O4/c1-19-11-5-4-9(7-10(11)13(17)18)8-15-12(16)3-2-6-14-15/h2-7,17-18H,8H2,1H3. The van der Waals surface area contributed by atoms with Crippen LogP contribution in [0, 0.1) is 0 Å². The molecule has 6 nitrogen and oxygen atoms in total. The Labute approximate surface area is 110 Å². The van der Waals surface area contributed by atoms with Crippen LogP contribution in [0.15, 0.2) is 41.3 Å². The Morgan fingerprint density at radius 3 is 2.79 bits per heavy atom. The number of benzene rings is 1. The molecule has 19 heavy (non-hydrogen) atoms. The van der Waals surface area contributed by atoms with E-state index in [1.807, 2.05) is 0 Å². The van der Waals surface area contributed by atoms with Crippen molar-refractivity contribution in [1.82, 2.24) is 9.78 Å². The van der Waals surface area contributed by atoms with E-state index in [1.165, 1.54) is 24.1 Å². The fourth-order valence-corrected chi connectivity index (χ4v) is 1.76. The highest BCUT2D eigenvalue weighted by molar-refractivity contribution is 6.59. The third kappa shape index (κ3) is 3.01. The molecule has 0 aliphatic carbocycles. The van der Waals surface area contributed by atoms with Gasteiger partial charge in [0.15, 0.2) is 0 Å². The predicted octanol–water partition coefficient (Wildman–Crippen LogP) is -1.02. The van der Waals surface area contributed by atoms with Crippen LogP contribution in [0.25, 0.3) is 0 Å². The number of rotatable bonds is 4. The number of nitrogens with zero attached hydrogens (tertiary/aromatic N) is 2. The molecule has 0 bridgehead atoms. The molecule has 2 aromatic rings. The van der Waals surface area contributed by atoms with Crippen molar-refractivity contribution < 1.29 is 14.8 Å². The zero-order valence-corrected chi connectivity index (χ0v) is 10.4. The van der Waals surface area contributed by atoms with Crippen molar-refractivity contribution >= 4 is 12.6 Å². The minimum atomic E-state index is -1.63. The zero-order chi connectivity index (χ0) is 13.8. The molecule has 0 aliphatic rings. The van der Waals surface area contributed by atoms with Crippen molar-refractivity contribution in [1.29, 1.82) is 0 Å². The lowest BCUT2D eigenvalue weighted by molar-refractivity contribution is 0.403. The van der Waals surface area contributed by atoms with E-state index in [9.17, 15) is 14.8 Å². The fraction of sp³-hybridized carbons (Fsp3) is 0.167. The Bertz CT molecular complexity index is 627. The van der Waals surface area contributed by atoms with Crippen molar-refractivity contribution in [2.24, 2.45) is 0 Å². The molecule has 0 fully saturated rings. The average molecular weight is 260 g/mol. The topological polar surface area (TPSA) is 84.6 Å². The molecular formula is C12H13BN2O4. The molecule has 0 aliphatic heterocycles. The van der Waals surface area contributed by atoms with Gasteiger partial charge in [0.25, 0.3) is 5.56 Å². The monoisotopic (exact) mass is 260 g/mol. The SMILES string of the molecule is COc1ccc(Cn2ncccc2=O)cc1B(O)O. The molecule has 7 heteroatoms. The minimum absolute atomic E-state index is 0.218. The van der Waals surface area contributed by atoms with Crippen LogP contribution in [-0.2, 0) is 6.54 Å². The molecule has 2 N–H and O–H groups in total. The van der Waals surface area contributed by atoms with Crippen LogP contribution in [-0.4, -0.2) is 34.1 Å². The Morgan fingerprint density at radius 1 is 1.37 bits per heavy atom. The van der Waals surface area contributed by atoms with Crippen molar-refractivity contribution in [2.75, 3.05) is 7.11 Å². The van der Waals surface area contributed by atoms with Gasteiger partial charge >= 0.3 is 7.12 Å². The fourth-order valence-electron chi connectivity index (χ4n) is 1.76. The van der Waals surface area contributed by atoms with Crippen LogP contribution in [0.4, 0.5) is 0 Å². The van der Waals surface area contributed by atoms with E-state index in [1.54, 1.807) is 24.3 Å². The number of hydrogen-bond acceptors (Lipinski definition) is 5. The highest BCUT2D eigenvalue weighted by Gasteiger charge is 2.17. The summed E-state index contributed by atoms with van der Waals surface area (Å²) >= 11 is 0. The predicted molar refractivity (Wildman–Crippen MR) is 70.4 cm³/mol. The average Bonchev–Trinajstić information content (AvgIpc) is 2.41. The summed E-state index contributed by atoms with van der Waals surface area (Å²) in [5.74, 6) is 0.382.